The van der Waals surface area contributed by atoms with Gasteiger partial charge < -0.3 is 9.04 Å². The van der Waals surface area contributed by atoms with E-state index in [0.29, 0.717) is 13.1 Å². The summed E-state index contributed by atoms with van der Waals surface area (Å²) in [4.78, 5) is 0. The van der Waals surface area contributed by atoms with Gasteiger partial charge in [0.1, 0.15) is 19.1 Å². The summed E-state index contributed by atoms with van der Waals surface area (Å²) in [5.74, 6) is 0. The highest BCUT2D eigenvalue weighted by Gasteiger charge is 2.49. The Hall–Kier alpha value is -1.34. The first-order chi connectivity index (χ1) is 13.8. The van der Waals surface area contributed by atoms with Crippen molar-refractivity contribution in [3.05, 3.63) is 70.2 Å². The Morgan fingerprint density at radius 2 is 1.47 bits per heavy atom. The first kappa shape index (κ1) is 24.9. The van der Waals surface area contributed by atoms with Crippen molar-refractivity contribution in [2.75, 3.05) is 33.5 Å². The highest BCUT2D eigenvalue weighted by Crippen LogP contribution is 2.39. The zero-order chi connectivity index (χ0) is 22.6. The largest absolute Gasteiger partial charge is 0.726 e. The maximum absolute atomic E-state index is 11.4. The quantitative estimate of drug-likeness (QED) is 0.248. The zero-order valence-electron chi connectivity index (χ0n) is 16.8. The van der Waals surface area contributed by atoms with Crippen LogP contribution in [-0.4, -0.2) is 65.5 Å². The minimum Gasteiger partial charge on any atom is -0.726 e. The van der Waals surface area contributed by atoms with Gasteiger partial charge in [0, 0.05) is 15.6 Å². The predicted molar refractivity (Wildman–Crippen MR) is 115 cm³/mol. The number of likely N-dealkylation sites (N-methyl/N-ethyl adjacent to an activating group) is 1. The Labute approximate surface area is 186 Å². The molecule has 11 heteroatoms. The second-order valence-electron chi connectivity index (χ2n) is 7.21. The van der Waals surface area contributed by atoms with E-state index < -0.39 is 20.5 Å². The van der Waals surface area contributed by atoms with Crippen LogP contribution in [0.1, 0.15) is 17.2 Å². The molecule has 0 amide bonds. The number of halogens is 1. The van der Waals surface area contributed by atoms with Gasteiger partial charge in [0.2, 0.25) is 10.4 Å². The SMILES string of the molecule is COS(=O)(=O)[O-].C[N+]1(C(c2ccccc2)c2ccc(Br)cc2)CC(OS(C)(=O)=O)C1. The molecule has 0 radical (unpaired) electrons. The molecule has 0 aliphatic carbocycles. The zero-order valence-corrected chi connectivity index (χ0v) is 20.0. The second-order valence-corrected chi connectivity index (χ2v) is 10.9. The summed E-state index contributed by atoms with van der Waals surface area (Å²) in [7, 11) is -4.86. The Kier molecular flexibility index (Phi) is 8.19. The molecule has 0 saturated carbocycles. The molecular formula is C19H24BrNO7S2. The van der Waals surface area contributed by atoms with Crippen LogP contribution in [0.4, 0.5) is 0 Å². The fourth-order valence-electron chi connectivity index (χ4n) is 3.59. The fourth-order valence-corrected chi connectivity index (χ4v) is 4.47. The van der Waals surface area contributed by atoms with Crippen molar-refractivity contribution >= 4 is 36.4 Å². The molecular weight excluding hydrogens is 498 g/mol. The highest BCUT2D eigenvalue weighted by atomic mass is 79.9. The third-order valence-corrected chi connectivity index (χ3v) is 6.24. The van der Waals surface area contributed by atoms with E-state index in [2.05, 4.69) is 51.4 Å². The van der Waals surface area contributed by atoms with Gasteiger partial charge >= 0.3 is 0 Å². The van der Waals surface area contributed by atoms with Gasteiger partial charge in [0.15, 0.2) is 6.10 Å². The molecule has 1 aliphatic rings. The summed E-state index contributed by atoms with van der Waals surface area (Å²) in [5.41, 5.74) is 2.44. The molecule has 8 nitrogen and oxygen atoms in total. The van der Waals surface area contributed by atoms with Crippen molar-refractivity contribution in [3.63, 3.8) is 0 Å². The van der Waals surface area contributed by atoms with Crippen molar-refractivity contribution in [2.45, 2.75) is 12.1 Å². The molecule has 0 spiro atoms. The molecule has 1 aliphatic heterocycles. The second kappa shape index (κ2) is 9.86. The lowest BCUT2D eigenvalue weighted by molar-refractivity contribution is -0.976. The minimum absolute atomic E-state index is 0.152. The van der Waals surface area contributed by atoms with E-state index in [1.807, 2.05) is 30.3 Å². The van der Waals surface area contributed by atoms with E-state index in [4.69, 9.17) is 4.18 Å². The molecule has 0 N–H and O–H groups in total. The van der Waals surface area contributed by atoms with Gasteiger partial charge in [-0.15, -0.1) is 0 Å². The summed E-state index contributed by atoms with van der Waals surface area (Å²) >= 11 is 3.48. The molecule has 1 fully saturated rings. The standard InChI is InChI=1S/C18H21BrNO3S.CH4O4S/c1-20(12-17(13-20)23-24(2,21)22)18(14-6-4-3-5-7-14)15-8-10-16(19)11-9-15;1-5-6(2,3)4/h3-11,17-18H,12-13H2,1-2H3;1H3,(H,2,3,4)/q+1;/p-1. The lowest BCUT2D eigenvalue weighted by Crippen LogP contribution is -2.66. The normalized spacial score (nSPS) is 22.4. The molecule has 3 rings (SSSR count). The summed E-state index contributed by atoms with van der Waals surface area (Å²) in [6, 6.07) is 18.8. The van der Waals surface area contributed by atoms with Gasteiger partial charge in [-0.25, -0.2) is 8.42 Å². The molecule has 1 atom stereocenters. The van der Waals surface area contributed by atoms with Crippen molar-refractivity contribution < 1.29 is 34.2 Å². The van der Waals surface area contributed by atoms with Crippen LogP contribution in [0.25, 0.3) is 0 Å². The van der Waals surface area contributed by atoms with E-state index in [1.165, 1.54) is 11.1 Å². The average Bonchev–Trinajstić information content (AvgIpc) is 2.62. The van der Waals surface area contributed by atoms with Crippen LogP contribution in [0.2, 0.25) is 0 Å². The Morgan fingerprint density at radius 3 is 1.90 bits per heavy atom. The number of hydrogen-bond donors (Lipinski definition) is 0. The van der Waals surface area contributed by atoms with Crippen LogP contribution < -0.4 is 0 Å². The third kappa shape index (κ3) is 7.41. The lowest BCUT2D eigenvalue weighted by atomic mass is 9.91. The third-order valence-electron chi connectivity index (χ3n) is 4.68. The Balaban J connectivity index is 0.000000469. The van der Waals surface area contributed by atoms with Crippen molar-refractivity contribution in [2.24, 2.45) is 0 Å². The first-order valence-corrected chi connectivity index (χ1v) is 12.8. The topological polar surface area (TPSA) is 110 Å². The number of benzene rings is 2. The molecule has 1 saturated heterocycles. The van der Waals surface area contributed by atoms with Crippen LogP contribution >= 0.6 is 15.9 Å². The van der Waals surface area contributed by atoms with E-state index in [0.717, 1.165) is 22.3 Å². The smallest absolute Gasteiger partial charge is 0.265 e. The fraction of sp³-hybridized carbons (Fsp3) is 0.368. The van der Waals surface area contributed by atoms with Crippen LogP contribution in [0.5, 0.6) is 0 Å². The lowest BCUT2D eigenvalue weighted by Gasteiger charge is -2.51. The first-order valence-electron chi connectivity index (χ1n) is 8.87. The molecule has 2 aromatic carbocycles. The van der Waals surface area contributed by atoms with Gasteiger partial charge in [0.25, 0.3) is 10.1 Å². The average molecular weight is 522 g/mol. The molecule has 0 aromatic heterocycles. The molecule has 1 heterocycles. The van der Waals surface area contributed by atoms with Crippen LogP contribution in [0.3, 0.4) is 0 Å². The van der Waals surface area contributed by atoms with Crippen LogP contribution in [0.15, 0.2) is 59.1 Å². The molecule has 0 bridgehead atoms. The van der Waals surface area contributed by atoms with E-state index in [9.17, 15) is 21.4 Å². The molecule has 30 heavy (non-hydrogen) atoms. The summed E-state index contributed by atoms with van der Waals surface area (Å²) in [6.07, 6.45) is 0.866. The van der Waals surface area contributed by atoms with Gasteiger partial charge in [0.05, 0.1) is 20.4 Å². The summed E-state index contributed by atoms with van der Waals surface area (Å²) < 4.78 is 60.7. The summed E-state index contributed by atoms with van der Waals surface area (Å²) in [6.45, 7) is 1.34. The number of quaternary nitrogens is 1. The maximum atomic E-state index is 11.4. The highest BCUT2D eigenvalue weighted by molar-refractivity contribution is 9.10. The van der Waals surface area contributed by atoms with Crippen molar-refractivity contribution in [1.82, 2.24) is 0 Å². The summed E-state index contributed by atoms with van der Waals surface area (Å²) in [5, 5.41) is 0. The number of likely N-dealkylation sites (tertiary alicyclic amines) is 1. The number of rotatable bonds is 6. The number of nitrogens with zero attached hydrogens (tertiary/aromatic N) is 1. The van der Waals surface area contributed by atoms with E-state index in [1.54, 1.807) is 0 Å². The van der Waals surface area contributed by atoms with Crippen LogP contribution in [-0.2, 0) is 28.9 Å². The Bertz CT molecular complexity index is 1040. The van der Waals surface area contributed by atoms with Gasteiger partial charge in [-0.3, -0.25) is 8.37 Å². The van der Waals surface area contributed by atoms with Gasteiger partial charge in [-0.05, 0) is 12.1 Å². The van der Waals surface area contributed by atoms with Crippen molar-refractivity contribution in [3.8, 4) is 0 Å². The van der Waals surface area contributed by atoms with E-state index in [-0.39, 0.29) is 12.1 Å². The predicted octanol–water partition coefficient (Wildman–Crippen LogP) is 2.44. The van der Waals surface area contributed by atoms with E-state index >= 15 is 0 Å². The van der Waals surface area contributed by atoms with Gasteiger partial charge in [-0.2, -0.15) is 8.42 Å². The maximum Gasteiger partial charge on any atom is 0.265 e. The minimum atomic E-state index is -4.41. The van der Waals surface area contributed by atoms with Crippen LogP contribution in [0, 0.1) is 0 Å². The van der Waals surface area contributed by atoms with Gasteiger partial charge in [-0.1, -0.05) is 58.4 Å². The molecule has 2 aromatic rings. The monoisotopic (exact) mass is 521 g/mol. The Morgan fingerprint density at radius 1 is 1.00 bits per heavy atom. The molecule has 166 valence electrons. The molecule has 1 unspecified atom stereocenters. The van der Waals surface area contributed by atoms with Crippen molar-refractivity contribution in [1.29, 1.82) is 0 Å². The number of hydrogen-bond acceptors (Lipinski definition) is 7.